The third-order valence-corrected chi connectivity index (χ3v) is 6.36. The lowest BCUT2D eigenvalue weighted by Crippen LogP contribution is -2.63. The smallest absolute Gasteiger partial charge is 0.329 e. The summed E-state index contributed by atoms with van der Waals surface area (Å²) in [6.45, 7) is -1.06. The topological polar surface area (TPSA) is 112 Å². The fourth-order valence-corrected chi connectivity index (χ4v) is 3.99. The van der Waals surface area contributed by atoms with Crippen molar-refractivity contribution in [2.24, 2.45) is 0 Å². The highest BCUT2D eigenvalue weighted by Crippen LogP contribution is 2.51. The molecule has 1 saturated heterocycles. The lowest BCUT2D eigenvalue weighted by atomic mass is 10.3. The van der Waals surface area contributed by atoms with Crippen LogP contribution < -0.4 is 0 Å². The zero-order chi connectivity index (χ0) is 20.8. The Morgan fingerprint density at radius 3 is 1.81 bits per heavy atom. The van der Waals surface area contributed by atoms with Crippen molar-refractivity contribution < 1.29 is 52.5 Å². The summed E-state index contributed by atoms with van der Waals surface area (Å²) in [4.78, 5) is 12.0. The number of rotatable bonds is 5. The molecule has 1 aliphatic rings. The van der Waals surface area contributed by atoms with Gasteiger partial charge in [-0.15, -0.1) is 0 Å². The highest BCUT2D eigenvalue weighted by atomic mass is 32.2. The minimum Gasteiger partial charge on any atom is -0.329 e. The summed E-state index contributed by atoms with van der Waals surface area (Å²) in [5, 5.41) is -13.4. The van der Waals surface area contributed by atoms with Crippen LogP contribution in [-0.4, -0.2) is 72.7 Å². The highest BCUT2D eigenvalue weighted by Gasteiger charge is 2.82. The lowest BCUT2D eigenvalue weighted by molar-refractivity contribution is -0.247. The van der Waals surface area contributed by atoms with E-state index in [1.165, 1.54) is 0 Å². The first-order valence-electron chi connectivity index (χ1n) is 6.77. The molecule has 0 bridgehead atoms. The van der Waals surface area contributed by atoms with Gasteiger partial charge in [0.25, 0.3) is 10.0 Å². The predicted molar refractivity (Wildman–Crippen MR) is 73.5 cm³/mol. The van der Waals surface area contributed by atoms with E-state index in [0.717, 1.165) is 6.92 Å². The van der Waals surface area contributed by atoms with Crippen molar-refractivity contribution in [1.82, 2.24) is 9.21 Å². The second-order valence-electron chi connectivity index (χ2n) is 5.39. The minimum absolute atomic E-state index is 0.0928. The second-order valence-corrected chi connectivity index (χ2v) is 8.84. The molecule has 1 N–H and O–H groups in total. The van der Waals surface area contributed by atoms with E-state index in [-0.39, 0.29) is 23.7 Å². The fourth-order valence-electron chi connectivity index (χ4n) is 2.03. The van der Waals surface area contributed by atoms with Crippen LogP contribution >= 0.6 is 0 Å². The highest BCUT2D eigenvalue weighted by molar-refractivity contribution is 7.90. The molecule has 0 unspecified atom stereocenters. The molecule has 26 heavy (non-hydrogen) atoms. The van der Waals surface area contributed by atoms with Gasteiger partial charge in [-0.05, 0) is 12.8 Å². The van der Waals surface area contributed by atoms with Crippen LogP contribution in [0.1, 0.15) is 19.8 Å². The van der Waals surface area contributed by atoms with Gasteiger partial charge in [-0.25, -0.2) is 8.42 Å². The van der Waals surface area contributed by atoms with Crippen LogP contribution in [0.3, 0.4) is 0 Å². The molecule has 0 aromatic heterocycles. The molecule has 0 saturated carbocycles. The quantitative estimate of drug-likeness (QED) is 0.507. The van der Waals surface area contributed by atoms with Crippen LogP contribution in [0.5, 0.6) is 0 Å². The number of hydrogen-bond acceptors (Lipinski definition) is 5. The van der Waals surface area contributed by atoms with Crippen LogP contribution in [0.2, 0.25) is 0 Å². The van der Waals surface area contributed by atoms with Crippen LogP contribution in [0.4, 0.5) is 26.3 Å². The maximum absolute atomic E-state index is 13.9. The molecule has 1 amide bonds. The van der Waals surface area contributed by atoms with Gasteiger partial charge in [0, 0.05) is 20.0 Å². The SMILES string of the molecule is CC(=O)N1CCCCN(S(=O)(=O)C(F)(F)C(F)(F)C(F)(F)S(=O)(=O)O)C1. The molecule has 1 fully saturated rings. The van der Waals surface area contributed by atoms with Gasteiger partial charge in [-0.2, -0.15) is 39.1 Å². The van der Waals surface area contributed by atoms with Gasteiger partial charge in [0.05, 0.1) is 6.67 Å². The summed E-state index contributed by atoms with van der Waals surface area (Å²) in [5.74, 6) is -7.79. The molecule has 0 aromatic rings. The van der Waals surface area contributed by atoms with Crippen molar-refractivity contribution in [3.63, 3.8) is 0 Å². The monoisotopic (exact) mass is 436 g/mol. The molecule has 1 aliphatic heterocycles. The second kappa shape index (κ2) is 6.79. The third kappa shape index (κ3) is 3.50. The average Bonchev–Trinajstić information content (AvgIpc) is 2.71. The van der Waals surface area contributed by atoms with Gasteiger partial charge < -0.3 is 4.90 Å². The van der Waals surface area contributed by atoms with Gasteiger partial charge in [0.2, 0.25) is 5.91 Å². The first-order valence-corrected chi connectivity index (χ1v) is 9.65. The van der Waals surface area contributed by atoms with Crippen molar-refractivity contribution >= 4 is 26.0 Å². The van der Waals surface area contributed by atoms with E-state index in [0.29, 0.717) is 4.90 Å². The van der Waals surface area contributed by atoms with Crippen molar-refractivity contribution in [3.05, 3.63) is 0 Å². The molecule has 0 atom stereocenters. The molecule has 0 radical (unpaired) electrons. The van der Waals surface area contributed by atoms with Crippen LogP contribution in [0.15, 0.2) is 0 Å². The van der Waals surface area contributed by atoms with Crippen LogP contribution in [0.25, 0.3) is 0 Å². The lowest BCUT2D eigenvalue weighted by Gasteiger charge is -2.34. The molecule has 1 rings (SSSR count). The van der Waals surface area contributed by atoms with Crippen molar-refractivity contribution in [3.8, 4) is 0 Å². The van der Waals surface area contributed by atoms with E-state index in [1.807, 2.05) is 0 Å². The molecule has 154 valence electrons. The van der Waals surface area contributed by atoms with Gasteiger partial charge in [0.1, 0.15) is 0 Å². The minimum atomic E-state index is -7.08. The standard InChI is InChI=1S/C10H14F6N2O6S2/c1-7(19)17-4-2-3-5-18(6-17)25(20,21)9(13,14)8(11,12)10(15,16)26(22,23)24/h2-6H2,1H3,(H,22,23,24). The Hall–Kier alpha value is -1.13. The number of hydrogen-bond donors (Lipinski definition) is 1. The molecule has 0 spiro atoms. The molecule has 16 heteroatoms. The first-order chi connectivity index (χ1) is 11.4. The van der Waals surface area contributed by atoms with Crippen LogP contribution in [0, 0.1) is 0 Å². The summed E-state index contributed by atoms with van der Waals surface area (Å²) < 4.78 is 134. The van der Waals surface area contributed by atoms with Gasteiger partial charge in [0.15, 0.2) is 0 Å². The first kappa shape index (κ1) is 22.9. The number of alkyl halides is 6. The van der Waals surface area contributed by atoms with Gasteiger partial charge in [-0.3, -0.25) is 9.35 Å². The Balaban J connectivity index is 3.42. The number of carbonyl (C=O) groups is 1. The van der Waals surface area contributed by atoms with Crippen molar-refractivity contribution in [1.29, 1.82) is 0 Å². The summed E-state index contributed by atoms with van der Waals surface area (Å²) in [6, 6.07) is 0. The van der Waals surface area contributed by atoms with E-state index in [4.69, 9.17) is 4.55 Å². The maximum Gasteiger partial charge on any atom is 0.439 e. The normalized spacial score (nSPS) is 19.3. The zero-order valence-electron chi connectivity index (χ0n) is 13.0. The summed E-state index contributed by atoms with van der Waals surface area (Å²) in [7, 11) is -13.6. The molecular formula is C10H14F6N2O6S2. The zero-order valence-corrected chi connectivity index (χ0v) is 14.6. The molecular weight excluding hydrogens is 422 g/mol. The number of halogens is 6. The largest absolute Gasteiger partial charge is 0.439 e. The van der Waals surface area contributed by atoms with Crippen LogP contribution in [-0.2, 0) is 24.9 Å². The fraction of sp³-hybridized carbons (Fsp3) is 0.900. The Kier molecular flexibility index (Phi) is 5.99. The van der Waals surface area contributed by atoms with Crippen molar-refractivity contribution in [2.45, 2.75) is 36.2 Å². The van der Waals surface area contributed by atoms with E-state index in [9.17, 15) is 48.0 Å². The molecule has 0 aromatic carbocycles. The van der Waals surface area contributed by atoms with Crippen molar-refractivity contribution in [2.75, 3.05) is 19.8 Å². The van der Waals surface area contributed by atoms with E-state index in [2.05, 4.69) is 0 Å². The third-order valence-electron chi connectivity index (χ3n) is 3.58. The maximum atomic E-state index is 13.9. The Morgan fingerprint density at radius 1 is 0.923 bits per heavy atom. The number of carbonyl (C=O) groups excluding carboxylic acids is 1. The van der Waals surface area contributed by atoms with E-state index in [1.54, 1.807) is 0 Å². The Bertz CT molecular complexity index is 769. The molecule has 8 nitrogen and oxygen atoms in total. The predicted octanol–water partition coefficient (Wildman–Crippen LogP) is 0.927. The summed E-state index contributed by atoms with van der Waals surface area (Å²) >= 11 is 0. The summed E-state index contributed by atoms with van der Waals surface area (Å²) in [5.41, 5.74) is 0. The molecule has 1 heterocycles. The Labute approximate surface area is 144 Å². The van der Waals surface area contributed by atoms with E-state index >= 15 is 0 Å². The number of nitrogens with zero attached hydrogens (tertiary/aromatic N) is 2. The number of sulfonamides is 1. The Morgan fingerprint density at radius 2 is 1.38 bits per heavy atom. The van der Waals surface area contributed by atoms with Gasteiger partial charge in [-0.1, -0.05) is 0 Å². The molecule has 0 aliphatic carbocycles. The number of amides is 1. The van der Waals surface area contributed by atoms with E-state index < -0.39 is 55.7 Å². The summed E-state index contributed by atoms with van der Waals surface area (Å²) in [6.07, 6.45) is -0.0336. The average molecular weight is 436 g/mol. The van der Waals surface area contributed by atoms with Gasteiger partial charge >= 0.3 is 26.5 Å².